The fourth-order valence-electron chi connectivity index (χ4n) is 5.97. The molecular formula is C36H40N4O10. The summed E-state index contributed by atoms with van der Waals surface area (Å²) in [5.74, 6) is -6.09. The fraction of sp³-hybridized carbons (Fsp3) is 0.389. The molecule has 2 aliphatic rings. The Bertz CT molecular complexity index is 1600. The number of carbonyl (C=O) groups is 8. The van der Waals surface area contributed by atoms with Crippen LogP contribution in [0.15, 0.2) is 49.6 Å². The molecule has 0 aromatic heterocycles. The van der Waals surface area contributed by atoms with Crippen molar-refractivity contribution in [2.75, 3.05) is 26.3 Å². The van der Waals surface area contributed by atoms with E-state index in [9.17, 15) is 38.4 Å². The van der Waals surface area contributed by atoms with Crippen molar-refractivity contribution in [3.05, 3.63) is 71.8 Å². The summed E-state index contributed by atoms with van der Waals surface area (Å²) in [6.45, 7) is 13.5. The van der Waals surface area contributed by atoms with Gasteiger partial charge in [0.15, 0.2) is 0 Å². The SMILES string of the molecule is C=CC(=O)NCCOC(=O)C(CC(C)C)N1C(=O)c2ccc3c4c(ccc(c24)C1=O)C(=O)N(C(CC(C)C)C(=O)OCCNC(=O)C=C)C3=O. The van der Waals surface area contributed by atoms with E-state index < -0.39 is 59.5 Å². The monoisotopic (exact) mass is 688 g/mol. The normalized spacial score (nSPS) is 14.8. The van der Waals surface area contributed by atoms with E-state index in [4.69, 9.17) is 9.47 Å². The number of benzene rings is 2. The maximum absolute atomic E-state index is 14.0. The second-order valence-electron chi connectivity index (χ2n) is 12.6. The number of amides is 6. The zero-order chi connectivity index (χ0) is 36.9. The van der Waals surface area contributed by atoms with E-state index in [1.165, 1.54) is 24.3 Å². The zero-order valence-corrected chi connectivity index (χ0v) is 28.4. The van der Waals surface area contributed by atoms with Gasteiger partial charge in [0.05, 0.1) is 13.1 Å². The minimum Gasteiger partial charge on any atom is -0.462 e. The van der Waals surface area contributed by atoms with Gasteiger partial charge in [-0.05, 0) is 61.1 Å². The lowest BCUT2D eigenvalue weighted by Gasteiger charge is -2.36. The summed E-state index contributed by atoms with van der Waals surface area (Å²) in [6.07, 6.45) is 2.30. The van der Waals surface area contributed by atoms with E-state index >= 15 is 0 Å². The Labute approximate surface area is 288 Å². The summed E-state index contributed by atoms with van der Waals surface area (Å²) in [4.78, 5) is 107. The van der Waals surface area contributed by atoms with Crippen LogP contribution in [0.1, 0.15) is 82.0 Å². The Morgan fingerprint density at radius 2 is 0.920 bits per heavy atom. The predicted octanol–water partition coefficient (Wildman–Crippen LogP) is 2.55. The van der Waals surface area contributed by atoms with Crippen molar-refractivity contribution in [1.29, 1.82) is 0 Å². The van der Waals surface area contributed by atoms with E-state index in [1.54, 1.807) is 0 Å². The summed E-state index contributed by atoms with van der Waals surface area (Å²) < 4.78 is 10.7. The third-order valence-electron chi connectivity index (χ3n) is 8.18. The highest BCUT2D eigenvalue weighted by atomic mass is 16.5. The van der Waals surface area contributed by atoms with E-state index in [1.807, 2.05) is 27.7 Å². The number of nitrogens with zero attached hydrogens (tertiary/aromatic N) is 2. The first kappa shape index (κ1) is 37.2. The number of rotatable bonds is 16. The van der Waals surface area contributed by atoms with Crippen molar-refractivity contribution >= 4 is 58.2 Å². The number of esters is 2. The predicted molar refractivity (Wildman–Crippen MR) is 180 cm³/mol. The Balaban J connectivity index is 1.68. The Kier molecular flexibility index (Phi) is 11.7. The number of nitrogens with one attached hydrogen (secondary N) is 2. The molecule has 2 heterocycles. The fourth-order valence-corrected chi connectivity index (χ4v) is 5.97. The highest BCUT2D eigenvalue weighted by Crippen LogP contribution is 2.39. The molecule has 2 aromatic carbocycles. The third-order valence-corrected chi connectivity index (χ3v) is 8.18. The van der Waals surface area contributed by atoms with Gasteiger partial charge in [-0.25, -0.2) is 9.59 Å². The molecule has 0 radical (unpaired) electrons. The van der Waals surface area contributed by atoms with Crippen LogP contribution in [0.25, 0.3) is 10.8 Å². The molecule has 0 spiro atoms. The van der Waals surface area contributed by atoms with Crippen LogP contribution < -0.4 is 10.6 Å². The van der Waals surface area contributed by atoms with Crippen molar-refractivity contribution in [2.24, 2.45) is 11.8 Å². The van der Waals surface area contributed by atoms with Gasteiger partial charge in [0.25, 0.3) is 23.6 Å². The van der Waals surface area contributed by atoms with Gasteiger partial charge in [0, 0.05) is 33.0 Å². The van der Waals surface area contributed by atoms with Crippen molar-refractivity contribution in [1.82, 2.24) is 20.4 Å². The van der Waals surface area contributed by atoms with Crippen molar-refractivity contribution in [3.63, 3.8) is 0 Å². The van der Waals surface area contributed by atoms with Crippen LogP contribution in [-0.4, -0.2) is 95.6 Å². The van der Waals surface area contributed by atoms with Gasteiger partial charge >= 0.3 is 11.9 Å². The smallest absolute Gasteiger partial charge is 0.329 e. The number of imide groups is 2. The van der Waals surface area contributed by atoms with Crippen LogP contribution in [0.2, 0.25) is 0 Å². The van der Waals surface area contributed by atoms with Gasteiger partial charge < -0.3 is 20.1 Å². The van der Waals surface area contributed by atoms with Gasteiger partial charge in [-0.1, -0.05) is 40.9 Å². The Morgan fingerprint density at radius 3 is 1.18 bits per heavy atom. The molecule has 264 valence electrons. The third kappa shape index (κ3) is 7.48. The summed E-state index contributed by atoms with van der Waals surface area (Å²) in [5.41, 5.74) is 0.0325. The molecule has 0 saturated heterocycles. The van der Waals surface area contributed by atoms with Gasteiger partial charge in [0.2, 0.25) is 11.8 Å². The van der Waals surface area contributed by atoms with Crippen LogP contribution in [0, 0.1) is 11.8 Å². The van der Waals surface area contributed by atoms with Gasteiger partial charge in [0.1, 0.15) is 25.3 Å². The second-order valence-corrected chi connectivity index (χ2v) is 12.6. The molecule has 0 aliphatic carbocycles. The van der Waals surface area contributed by atoms with Crippen LogP contribution in [0.5, 0.6) is 0 Å². The van der Waals surface area contributed by atoms with Gasteiger partial charge in [-0.3, -0.25) is 38.6 Å². The first-order valence-corrected chi connectivity index (χ1v) is 16.2. The highest BCUT2D eigenvalue weighted by molar-refractivity contribution is 6.34. The van der Waals surface area contributed by atoms with Gasteiger partial charge in [-0.2, -0.15) is 0 Å². The minimum atomic E-state index is -1.30. The molecule has 2 atom stereocenters. The standard InChI is InChI=1S/C36H40N4O10/c1-7-27(41)37-13-15-49-35(47)25(17-19(3)4)39-31(43)21-9-11-23-30-24(12-10-22(29(21)30)32(39)44)34(46)40(33(23)45)26(18-20(5)6)36(48)50-16-14-38-28(42)8-2/h7-12,19-20,25-26H,1-2,13-18H2,3-6H3,(H,37,41)(H,38,42). The minimum absolute atomic E-state index is 0.00811. The van der Waals surface area contributed by atoms with Crippen LogP contribution in [-0.2, 0) is 28.7 Å². The number of hydrogen-bond acceptors (Lipinski definition) is 10. The maximum atomic E-state index is 14.0. The average molecular weight is 689 g/mol. The summed E-state index contributed by atoms with van der Waals surface area (Å²) in [7, 11) is 0. The molecule has 2 unspecified atom stereocenters. The number of ether oxygens (including phenoxy) is 2. The van der Waals surface area contributed by atoms with Crippen LogP contribution in [0.3, 0.4) is 0 Å². The molecule has 2 aliphatic heterocycles. The van der Waals surface area contributed by atoms with Crippen molar-refractivity contribution < 1.29 is 47.8 Å². The molecule has 0 fully saturated rings. The van der Waals surface area contributed by atoms with E-state index in [-0.39, 0.29) is 84.0 Å². The average Bonchev–Trinajstić information content (AvgIpc) is 3.08. The number of carbonyl (C=O) groups excluding carboxylic acids is 8. The Morgan fingerprint density at radius 1 is 0.620 bits per heavy atom. The summed E-state index contributed by atoms with van der Waals surface area (Å²) >= 11 is 0. The quantitative estimate of drug-likeness (QED) is 0.115. The first-order chi connectivity index (χ1) is 23.7. The van der Waals surface area contributed by atoms with Crippen LogP contribution in [0.4, 0.5) is 0 Å². The lowest BCUT2D eigenvalue weighted by molar-refractivity contribution is -0.149. The summed E-state index contributed by atoms with van der Waals surface area (Å²) in [6, 6.07) is 2.84. The molecule has 4 rings (SSSR count). The molecule has 2 aromatic rings. The van der Waals surface area contributed by atoms with E-state index in [2.05, 4.69) is 23.8 Å². The first-order valence-electron chi connectivity index (χ1n) is 16.2. The molecular weight excluding hydrogens is 648 g/mol. The highest BCUT2D eigenvalue weighted by Gasteiger charge is 2.46. The molecule has 50 heavy (non-hydrogen) atoms. The Hall–Kier alpha value is -5.66. The van der Waals surface area contributed by atoms with Crippen LogP contribution >= 0.6 is 0 Å². The van der Waals surface area contributed by atoms with Crippen molar-refractivity contribution in [3.8, 4) is 0 Å². The molecule has 14 nitrogen and oxygen atoms in total. The lowest BCUT2D eigenvalue weighted by atomic mass is 9.84. The molecule has 0 bridgehead atoms. The largest absolute Gasteiger partial charge is 0.462 e. The van der Waals surface area contributed by atoms with E-state index in [0.29, 0.717) is 0 Å². The lowest BCUT2D eigenvalue weighted by Crippen LogP contribution is -2.53. The van der Waals surface area contributed by atoms with Crippen molar-refractivity contribution in [2.45, 2.75) is 52.6 Å². The maximum Gasteiger partial charge on any atom is 0.329 e. The van der Waals surface area contributed by atoms with Gasteiger partial charge in [-0.15, -0.1) is 0 Å². The topological polar surface area (TPSA) is 186 Å². The summed E-state index contributed by atoms with van der Waals surface area (Å²) in [5, 5.41) is 5.15. The number of hydrogen-bond donors (Lipinski definition) is 2. The second kappa shape index (κ2) is 15.7. The van der Waals surface area contributed by atoms with E-state index in [0.717, 1.165) is 22.0 Å². The molecule has 2 N–H and O–H groups in total. The molecule has 6 amide bonds. The molecule has 0 saturated carbocycles. The zero-order valence-electron chi connectivity index (χ0n) is 28.4. The molecule has 14 heteroatoms.